The van der Waals surface area contributed by atoms with Crippen LogP contribution < -0.4 is 0 Å². The fourth-order valence-electron chi connectivity index (χ4n) is 1.15. The molecule has 1 aromatic carbocycles. The van der Waals surface area contributed by atoms with Gasteiger partial charge in [0.05, 0.1) is 18.1 Å². The van der Waals surface area contributed by atoms with Gasteiger partial charge in [0.15, 0.2) is 0 Å². The lowest BCUT2D eigenvalue weighted by atomic mass is 10.2. The van der Waals surface area contributed by atoms with E-state index in [0.717, 1.165) is 0 Å². The fraction of sp³-hybridized carbons (Fsp3) is 0.273. The summed E-state index contributed by atoms with van der Waals surface area (Å²) in [6, 6.07) is 4.84. The van der Waals surface area contributed by atoms with Gasteiger partial charge in [0.2, 0.25) is 0 Å². The van der Waals surface area contributed by atoms with Crippen molar-refractivity contribution in [3.05, 3.63) is 42.0 Å². The van der Waals surface area contributed by atoms with Crippen molar-refractivity contribution >= 4 is 0 Å². The van der Waals surface area contributed by atoms with Crippen molar-refractivity contribution in [1.82, 2.24) is 15.0 Å². The van der Waals surface area contributed by atoms with Crippen molar-refractivity contribution in [2.24, 2.45) is 0 Å². The molecule has 0 atom stereocenters. The molecule has 0 amide bonds. The van der Waals surface area contributed by atoms with Crippen molar-refractivity contribution in [2.75, 3.05) is 0 Å². The quantitative estimate of drug-likeness (QED) is 0.719. The molecule has 0 bridgehead atoms. The van der Waals surface area contributed by atoms with Gasteiger partial charge in [-0.25, -0.2) is 4.39 Å². The number of rotatable bonds is 1. The molecule has 2 aromatic rings. The van der Waals surface area contributed by atoms with Gasteiger partial charge in [-0.3, -0.25) is 0 Å². The first-order chi connectivity index (χ1) is 7.29. The van der Waals surface area contributed by atoms with Crippen LogP contribution in [0.3, 0.4) is 0 Å². The molecular weight excluding hydrogens is 193 g/mol. The molecule has 0 N–H and O–H groups in total. The highest BCUT2D eigenvalue weighted by Gasteiger charge is 2.05. The Bertz CT molecular complexity index is 410. The summed E-state index contributed by atoms with van der Waals surface area (Å²) < 4.78 is 13.1. The summed E-state index contributed by atoms with van der Waals surface area (Å²) in [7, 11) is 0. The molecule has 1 aromatic heterocycles. The van der Waals surface area contributed by atoms with E-state index in [9.17, 15) is 4.39 Å². The Balaban J connectivity index is 0.000000531. The van der Waals surface area contributed by atoms with E-state index in [4.69, 9.17) is 0 Å². The molecular formula is C11H14FN3. The van der Waals surface area contributed by atoms with E-state index in [1.807, 2.05) is 13.8 Å². The number of halogens is 1. The van der Waals surface area contributed by atoms with Gasteiger partial charge in [-0.2, -0.15) is 15.0 Å². The first kappa shape index (κ1) is 11.4. The molecule has 4 heteroatoms. The molecule has 0 aliphatic rings. The molecule has 0 fully saturated rings. The molecule has 1 heterocycles. The van der Waals surface area contributed by atoms with Gasteiger partial charge in [-0.15, -0.1) is 0 Å². The topological polar surface area (TPSA) is 30.7 Å². The van der Waals surface area contributed by atoms with Crippen molar-refractivity contribution in [1.29, 1.82) is 0 Å². The monoisotopic (exact) mass is 207 g/mol. The molecule has 0 saturated heterocycles. The third kappa shape index (κ3) is 2.40. The highest BCUT2D eigenvalue weighted by Crippen LogP contribution is 2.14. The summed E-state index contributed by atoms with van der Waals surface area (Å²) in [5.74, 6) is -0.241. The van der Waals surface area contributed by atoms with Crippen molar-refractivity contribution in [3.63, 3.8) is 0 Å². The van der Waals surface area contributed by atoms with Crippen molar-refractivity contribution in [3.8, 4) is 5.69 Å². The molecule has 0 aliphatic heterocycles. The average molecular weight is 207 g/mol. The largest absolute Gasteiger partial charge is 0.207 e. The number of hydrogen-bond acceptors (Lipinski definition) is 2. The zero-order chi connectivity index (χ0) is 11.3. The summed E-state index contributed by atoms with van der Waals surface area (Å²) in [6.07, 6.45) is 3.12. The van der Waals surface area contributed by atoms with Gasteiger partial charge in [0, 0.05) is 5.56 Å². The van der Waals surface area contributed by atoms with Gasteiger partial charge < -0.3 is 0 Å². The van der Waals surface area contributed by atoms with Crippen molar-refractivity contribution < 1.29 is 4.39 Å². The molecule has 3 nitrogen and oxygen atoms in total. The Hall–Kier alpha value is -1.71. The van der Waals surface area contributed by atoms with Crippen LogP contribution in [0.25, 0.3) is 5.69 Å². The minimum absolute atomic E-state index is 0.241. The summed E-state index contributed by atoms with van der Waals surface area (Å²) >= 11 is 0. The number of nitrogens with zero attached hydrogens (tertiary/aromatic N) is 3. The highest BCUT2D eigenvalue weighted by molar-refractivity contribution is 5.38. The lowest BCUT2D eigenvalue weighted by molar-refractivity contribution is 0.612. The van der Waals surface area contributed by atoms with E-state index in [2.05, 4.69) is 10.2 Å². The molecule has 0 aliphatic carbocycles. The minimum atomic E-state index is -0.241. The first-order valence-corrected chi connectivity index (χ1v) is 4.91. The number of benzene rings is 1. The van der Waals surface area contributed by atoms with Crippen LogP contribution in [-0.2, 0) is 0 Å². The van der Waals surface area contributed by atoms with Crippen LogP contribution in [0.2, 0.25) is 0 Å². The minimum Gasteiger partial charge on any atom is -0.207 e. The van der Waals surface area contributed by atoms with E-state index in [1.54, 1.807) is 31.5 Å². The van der Waals surface area contributed by atoms with Gasteiger partial charge in [-0.1, -0.05) is 19.9 Å². The summed E-state index contributed by atoms with van der Waals surface area (Å²) in [4.78, 5) is 1.40. The average Bonchev–Trinajstić information content (AvgIpc) is 2.78. The molecule has 0 unspecified atom stereocenters. The molecule has 0 spiro atoms. The summed E-state index contributed by atoms with van der Waals surface area (Å²) in [6.45, 7) is 5.70. The van der Waals surface area contributed by atoms with E-state index < -0.39 is 0 Å². The van der Waals surface area contributed by atoms with Crippen LogP contribution in [0.4, 0.5) is 4.39 Å². The molecule has 2 rings (SSSR count). The Kier molecular flexibility index (Phi) is 3.97. The van der Waals surface area contributed by atoms with Crippen LogP contribution in [-0.4, -0.2) is 15.0 Å². The third-order valence-corrected chi connectivity index (χ3v) is 1.87. The van der Waals surface area contributed by atoms with Crippen LogP contribution in [0.1, 0.15) is 19.4 Å². The van der Waals surface area contributed by atoms with E-state index in [0.29, 0.717) is 11.3 Å². The van der Waals surface area contributed by atoms with Crippen molar-refractivity contribution in [2.45, 2.75) is 20.8 Å². The van der Waals surface area contributed by atoms with Gasteiger partial charge in [-0.05, 0) is 19.1 Å². The van der Waals surface area contributed by atoms with Gasteiger partial charge in [0.1, 0.15) is 5.82 Å². The smallest absolute Gasteiger partial charge is 0.128 e. The lowest BCUT2D eigenvalue weighted by Gasteiger charge is -2.03. The Morgan fingerprint density at radius 2 is 1.73 bits per heavy atom. The second kappa shape index (κ2) is 5.24. The Labute approximate surface area is 88.6 Å². The maximum Gasteiger partial charge on any atom is 0.128 e. The van der Waals surface area contributed by atoms with Crippen LogP contribution in [0.15, 0.2) is 30.6 Å². The van der Waals surface area contributed by atoms with Crippen LogP contribution in [0.5, 0.6) is 0 Å². The SMILES string of the molecule is CC.Cc1c(F)cccc1-n1nccn1. The van der Waals surface area contributed by atoms with Crippen LogP contribution in [0, 0.1) is 12.7 Å². The second-order valence-corrected chi connectivity index (χ2v) is 2.70. The molecule has 0 saturated carbocycles. The first-order valence-electron chi connectivity index (χ1n) is 4.91. The zero-order valence-electron chi connectivity index (χ0n) is 9.11. The molecule has 15 heavy (non-hydrogen) atoms. The number of aromatic nitrogens is 3. The molecule has 0 radical (unpaired) electrons. The van der Waals surface area contributed by atoms with Crippen LogP contribution >= 0.6 is 0 Å². The number of hydrogen-bond donors (Lipinski definition) is 0. The van der Waals surface area contributed by atoms with E-state index >= 15 is 0 Å². The third-order valence-electron chi connectivity index (χ3n) is 1.87. The predicted octanol–water partition coefficient (Wildman–Crippen LogP) is 2.74. The maximum atomic E-state index is 13.1. The Morgan fingerprint density at radius 3 is 2.33 bits per heavy atom. The van der Waals surface area contributed by atoms with E-state index in [-0.39, 0.29) is 5.82 Å². The molecule has 80 valence electrons. The summed E-state index contributed by atoms with van der Waals surface area (Å²) in [5, 5.41) is 7.85. The highest BCUT2D eigenvalue weighted by atomic mass is 19.1. The predicted molar refractivity (Wildman–Crippen MR) is 57.4 cm³/mol. The fourth-order valence-corrected chi connectivity index (χ4v) is 1.15. The standard InChI is InChI=1S/C9H8FN3.C2H6/c1-7-8(10)3-2-4-9(7)13-11-5-6-12-13;1-2/h2-6H,1H3;1-2H3. The second-order valence-electron chi connectivity index (χ2n) is 2.70. The van der Waals surface area contributed by atoms with Gasteiger partial charge in [0.25, 0.3) is 0 Å². The normalized spacial score (nSPS) is 9.33. The lowest BCUT2D eigenvalue weighted by Crippen LogP contribution is -2.02. The van der Waals surface area contributed by atoms with Gasteiger partial charge >= 0.3 is 0 Å². The zero-order valence-corrected chi connectivity index (χ0v) is 9.11. The maximum absolute atomic E-state index is 13.1. The summed E-state index contributed by atoms with van der Waals surface area (Å²) in [5.41, 5.74) is 1.23. The van der Waals surface area contributed by atoms with E-state index in [1.165, 1.54) is 10.9 Å². The Morgan fingerprint density at radius 1 is 1.13 bits per heavy atom.